The van der Waals surface area contributed by atoms with Crippen molar-refractivity contribution in [2.24, 2.45) is 16.6 Å². The standard InChI is InChI=1S/C17H20FN7S/c1-10(2)14-12(18)5-22-16(23-14)25-7-11-8-26-15(19)24-17(11,9-25)13-6-20-3-4-21-13/h3-6,10-11H,7-9H2,1-2H3,(H2,19,24)/t11-,17?/m0/s1. The first-order chi connectivity index (χ1) is 12.5. The number of hydrogen-bond acceptors (Lipinski definition) is 8. The van der Waals surface area contributed by atoms with Gasteiger partial charge in [-0.1, -0.05) is 25.6 Å². The Bertz CT molecular complexity index is 844. The van der Waals surface area contributed by atoms with Crippen molar-refractivity contribution in [1.29, 1.82) is 0 Å². The molecule has 0 spiro atoms. The van der Waals surface area contributed by atoms with Gasteiger partial charge in [-0.3, -0.25) is 9.97 Å². The van der Waals surface area contributed by atoms with Crippen LogP contribution in [0.5, 0.6) is 0 Å². The summed E-state index contributed by atoms with van der Waals surface area (Å²) in [6.07, 6.45) is 6.31. The van der Waals surface area contributed by atoms with Crippen molar-refractivity contribution in [3.8, 4) is 0 Å². The molecule has 136 valence electrons. The average Bonchev–Trinajstić information content (AvgIpc) is 3.02. The van der Waals surface area contributed by atoms with Crippen molar-refractivity contribution in [1.82, 2.24) is 19.9 Å². The van der Waals surface area contributed by atoms with E-state index in [0.29, 0.717) is 29.9 Å². The quantitative estimate of drug-likeness (QED) is 0.878. The van der Waals surface area contributed by atoms with Crippen molar-refractivity contribution in [3.05, 3.63) is 42.0 Å². The third kappa shape index (κ3) is 2.80. The molecule has 0 amide bonds. The van der Waals surface area contributed by atoms with Crippen LogP contribution in [0.4, 0.5) is 10.3 Å². The molecule has 1 fully saturated rings. The van der Waals surface area contributed by atoms with E-state index in [1.807, 2.05) is 18.7 Å². The van der Waals surface area contributed by atoms with Gasteiger partial charge in [0.1, 0.15) is 5.54 Å². The van der Waals surface area contributed by atoms with Crippen LogP contribution in [0.3, 0.4) is 0 Å². The highest BCUT2D eigenvalue weighted by Gasteiger charge is 2.52. The molecule has 0 aromatic carbocycles. The predicted molar refractivity (Wildman–Crippen MR) is 99.6 cm³/mol. The van der Waals surface area contributed by atoms with Crippen molar-refractivity contribution in [2.45, 2.75) is 25.3 Å². The lowest BCUT2D eigenvalue weighted by molar-refractivity contribution is 0.375. The molecule has 9 heteroatoms. The molecule has 2 aromatic heterocycles. The Hall–Kier alpha value is -2.29. The molecule has 2 aromatic rings. The van der Waals surface area contributed by atoms with Gasteiger partial charge in [0.05, 0.1) is 30.3 Å². The van der Waals surface area contributed by atoms with Gasteiger partial charge >= 0.3 is 0 Å². The van der Waals surface area contributed by atoms with Crippen LogP contribution in [-0.4, -0.2) is 43.9 Å². The van der Waals surface area contributed by atoms with E-state index >= 15 is 0 Å². The van der Waals surface area contributed by atoms with E-state index in [1.165, 1.54) is 6.20 Å². The lowest BCUT2D eigenvalue weighted by Gasteiger charge is -2.33. The number of nitrogens with zero attached hydrogens (tertiary/aromatic N) is 6. The fourth-order valence-electron chi connectivity index (χ4n) is 3.58. The number of thioether (sulfide) groups is 1. The number of nitrogens with two attached hydrogens (primary N) is 1. The highest BCUT2D eigenvalue weighted by atomic mass is 32.2. The van der Waals surface area contributed by atoms with Crippen LogP contribution in [0.15, 0.2) is 29.8 Å². The number of fused-ring (bicyclic) bond motifs is 1. The molecule has 4 heterocycles. The molecule has 1 saturated heterocycles. The summed E-state index contributed by atoms with van der Waals surface area (Å²) in [7, 11) is 0. The van der Waals surface area contributed by atoms with Crippen LogP contribution in [-0.2, 0) is 5.54 Å². The summed E-state index contributed by atoms with van der Waals surface area (Å²) in [5, 5.41) is 0.552. The SMILES string of the molecule is CC(C)c1nc(N2C[C@H]3CSC(N)=NC3(c3cnccn3)C2)ncc1F. The largest absolute Gasteiger partial charge is 0.379 e. The summed E-state index contributed by atoms with van der Waals surface area (Å²) in [6, 6.07) is 0. The van der Waals surface area contributed by atoms with Crippen molar-refractivity contribution in [2.75, 3.05) is 23.7 Å². The van der Waals surface area contributed by atoms with E-state index in [1.54, 1.807) is 30.4 Å². The number of amidine groups is 1. The topological polar surface area (TPSA) is 93.2 Å². The van der Waals surface area contributed by atoms with E-state index in [0.717, 1.165) is 11.4 Å². The molecule has 4 rings (SSSR count). The molecular weight excluding hydrogens is 353 g/mol. The Morgan fingerprint density at radius 1 is 1.31 bits per heavy atom. The Morgan fingerprint density at radius 3 is 2.88 bits per heavy atom. The van der Waals surface area contributed by atoms with Gasteiger partial charge in [-0.05, 0) is 5.92 Å². The van der Waals surface area contributed by atoms with Gasteiger partial charge in [-0.2, -0.15) is 0 Å². The Kier molecular flexibility index (Phi) is 4.26. The van der Waals surface area contributed by atoms with Crippen LogP contribution in [0.1, 0.15) is 31.2 Å². The molecule has 0 aliphatic carbocycles. The van der Waals surface area contributed by atoms with Gasteiger partial charge in [0.25, 0.3) is 0 Å². The molecule has 0 bridgehead atoms. The highest BCUT2D eigenvalue weighted by molar-refractivity contribution is 8.13. The fraction of sp³-hybridized carbons (Fsp3) is 0.471. The highest BCUT2D eigenvalue weighted by Crippen LogP contribution is 2.45. The van der Waals surface area contributed by atoms with E-state index in [4.69, 9.17) is 10.7 Å². The first kappa shape index (κ1) is 17.1. The fourth-order valence-corrected chi connectivity index (χ4v) is 4.56. The van der Waals surface area contributed by atoms with Crippen LogP contribution < -0.4 is 10.6 Å². The Labute approximate surface area is 155 Å². The zero-order valence-electron chi connectivity index (χ0n) is 14.6. The molecule has 2 N–H and O–H groups in total. The molecule has 0 radical (unpaired) electrons. The lowest BCUT2D eigenvalue weighted by atomic mass is 9.86. The minimum absolute atomic E-state index is 0.0141. The van der Waals surface area contributed by atoms with Crippen molar-refractivity contribution < 1.29 is 4.39 Å². The summed E-state index contributed by atoms with van der Waals surface area (Å²) in [6.45, 7) is 5.09. The number of aliphatic imine (C=N–C) groups is 1. The molecule has 0 saturated carbocycles. The molecule has 2 aliphatic rings. The third-order valence-electron chi connectivity index (χ3n) is 4.89. The second-order valence-electron chi connectivity index (χ2n) is 6.91. The molecule has 7 nitrogen and oxygen atoms in total. The third-order valence-corrected chi connectivity index (χ3v) is 5.84. The van der Waals surface area contributed by atoms with Gasteiger partial charge in [-0.15, -0.1) is 0 Å². The Balaban J connectivity index is 1.74. The van der Waals surface area contributed by atoms with E-state index in [9.17, 15) is 4.39 Å². The average molecular weight is 373 g/mol. The van der Waals surface area contributed by atoms with Crippen LogP contribution in [0.2, 0.25) is 0 Å². The predicted octanol–water partition coefficient (Wildman–Crippen LogP) is 1.92. The van der Waals surface area contributed by atoms with Crippen molar-refractivity contribution in [3.63, 3.8) is 0 Å². The number of anilines is 1. The number of halogens is 1. The second-order valence-corrected chi connectivity index (χ2v) is 7.95. The zero-order chi connectivity index (χ0) is 18.3. The van der Waals surface area contributed by atoms with Crippen LogP contribution in [0.25, 0.3) is 0 Å². The van der Waals surface area contributed by atoms with Gasteiger partial charge < -0.3 is 10.6 Å². The lowest BCUT2D eigenvalue weighted by Crippen LogP contribution is -2.40. The molecule has 2 aliphatic heterocycles. The summed E-state index contributed by atoms with van der Waals surface area (Å²) in [5.74, 6) is 1.17. The molecule has 26 heavy (non-hydrogen) atoms. The molecule has 1 unspecified atom stereocenters. The minimum Gasteiger partial charge on any atom is -0.379 e. The van der Waals surface area contributed by atoms with Crippen LogP contribution >= 0.6 is 11.8 Å². The van der Waals surface area contributed by atoms with Crippen molar-refractivity contribution >= 4 is 22.9 Å². The normalized spacial score (nSPS) is 25.3. The molecule has 2 atom stereocenters. The number of rotatable bonds is 3. The smallest absolute Gasteiger partial charge is 0.225 e. The zero-order valence-corrected chi connectivity index (χ0v) is 15.4. The monoisotopic (exact) mass is 373 g/mol. The van der Waals surface area contributed by atoms with E-state index < -0.39 is 5.54 Å². The maximum absolute atomic E-state index is 14.0. The first-order valence-electron chi connectivity index (χ1n) is 8.51. The van der Waals surface area contributed by atoms with Crippen LogP contribution in [0, 0.1) is 11.7 Å². The van der Waals surface area contributed by atoms with E-state index in [2.05, 4.69) is 19.9 Å². The summed E-state index contributed by atoms with van der Waals surface area (Å²) < 4.78 is 14.0. The van der Waals surface area contributed by atoms with Gasteiger partial charge in [0, 0.05) is 30.6 Å². The van der Waals surface area contributed by atoms with Gasteiger partial charge in [0.2, 0.25) is 5.95 Å². The maximum atomic E-state index is 14.0. The Morgan fingerprint density at radius 2 is 2.15 bits per heavy atom. The summed E-state index contributed by atoms with van der Waals surface area (Å²) in [5.41, 5.74) is 6.70. The number of hydrogen-bond donors (Lipinski definition) is 1. The van der Waals surface area contributed by atoms with Gasteiger partial charge in [0.15, 0.2) is 11.0 Å². The molecular formula is C17H20FN7S. The van der Waals surface area contributed by atoms with E-state index in [-0.39, 0.29) is 17.7 Å². The second kappa shape index (κ2) is 6.46. The minimum atomic E-state index is -0.570. The maximum Gasteiger partial charge on any atom is 0.225 e. The number of aromatic nitrogens is 4. The summed E-state index contributed by atoms with van der Waals surface area (Å²) >= 11 is 1.55. The summed E-state index contributed by atoms with van der Waals surface area (Å²) in [4.78, 5) is 24.2. The first-order valence-corrected chi connectivity index (χ1v) is 9.50. The van der Waals surface area contributed by atoms with Gasteiger partial charge in [-0.25, -0.2) is 19.4 Å².